The van der Waals surface area contributed by atoms with E-state index < -0.39 is 6.43 Å². The van der Waals surface area contributed by atoms with Crippen LogP contribution in [0.4, 0.5) is 14.5 Å². The van der Waals surface area contributed by atoms with Gasteiger partial charge in [0.25, 0.3) is 6.43 Å². The summed E-state index contributed by atoms with van der Waals surface area (Å²) in [5, 5.41) is 4.19. The quantitative estimate of drug-likeness (QED) is 0.851. The first-order valence-electron chi connectivity index (χ1n) is 5.38. The Morgan fingerprint density at radius 3 is 2.94 bits per heavy atom. The minimum absolute atomic E-state index is 0.147. The largest absolute Gasteiger partial charge is 0.396 e. The van der Waals surface area contributed by atoms with Crippen molar-refractivity contribution < 1.29 is 8.78 Å². The first-order valence-corrected chi connectivity index (χ1v) is 5.38. The lowest BCUT2D eigenvalue weighted by Gasteiger charge is -2.16. The summed E-state index contributed by atoms with van der Waals surface area (Å²) in [5.41, 5.74) is 7.29. The molecule has 0 aromatic carbocycles. The molecule has 4 nitrogen and oxygen atoms in total. The van der Waals surface area contributed by atoms with E-state index in [4.69, 9.17) is 5.73 Å². The summed E-state index contributed by atoms with van der Waals surface area (Å²) in [6.07, 6.45) is 0.210. The highest BCUT2D eigenvalue weighted by atomic mass is 19.3. The molecule has 1 aliphatic rings. The van der Waals surface area contributed by atoms with Crippen LogP contribution in [0.1, 0.15) is 18.2 Å². The van der Waals surface area contributed by atoms with E-state index in [1.165, 1.54) is 0 Å². The number of likely N-dealkylation sites (tertiary alicyclic amines) is 1. The fraction of sp³-hybridized carbons (Fsp3) is 0.700. The van der Waals surface area contributed by atoms with Crippen molar-refractivity contribution in [3.63, 3.8) is 0 Å². The fourth-order valence-corrected chi connectivity index (χ4v) is 2.18. The maximum Gasteiger partial charge on any atom is 0.251 e. The second-order valence-corrected chi connectivity index (χ2v) is 4.22. The van der Waals surface area contributed by atoms with Crippen molar-refractivity contribution in [1.82, 2.24) is 14.7 Å². The third-order valence-electron chi connectivity index (χ3n) is 3.07. The molecule has 1 aliphatic heterocycles. The van der Waals surface area contributed by atoms with Crippen LogP contribution in [0.2, 0.25) is 0 Å². The molecule has 1 saturated heterocycles. The lowest BCUT2D eigenvalue weighted by molar-refractivity contribution is 0.0978. The highest BCUT2D eigenvalue weighted by molar-refractivity contribution is 5.39. The Hall–Kier alpha value is -1.17. The van der Waals surface area contributed by atoms with Crippen LogP contribution in [-0.4, -0.2) is 40.7 Å². The van der Waals surface area contributed by atoms with Crippen molar-refractivity contribution in [3.8, 4) is 0 Å². The Labute approximate surface area is 93.0 Å². The molecule has 2 rings (SSSR count). The van der Waals surface area contributed by atoms with E-state index in [1.807, 2.05) is 11.6 Å². The third-order valence-corrected chi connectivity index (χ3v) is 3.07. The second-order valence-electron chi connectivity index (χ2n) is 4.22. The Balaban J connectivity index is 2.01. The van der Waals surface area contributed by atoms with Crippen molar-refractivity contribution in [2.45, 2.75) is 25.8 Å². The number of alkyl halides is 2. The fourth-order valence-electron chi connectivity index (χ4n) is 2.18. The van der Waals surface area contributed by atoms with E-state index in [2.05, 4.69) is 5.10 Å². The van der Waals surface area contributed by atoms with Crippen molar-refractivity contribution in [2.75, 3.05) is 25.4 Å². The summed E-state index contributed by atoms with van der Waals surface area (Å²) < 4.78 is 26.3. The van der Waals surface area contributed by atoms with Gasteiger partial charge in [0, 0.05) is 13.1 Å². The van der Waals surface area contributed by atoms with Crippen LogP contribution in [0.25, 0.3) is 0 Å². The molecule has 2 heterocycles. The van der Waals surface area contributed by atoms with E-state index in [9.17, 15) is 8.78 Å². The van der Waals surface area contributed by atoms with Gasteiger partial charge in [0.15, 0.2) is 0 Å². The van der Waals surface area contributed by atoms with E-state index in [0.717, 1.165) is 12.1 Å². The number of hydrogen-bond acceptors (Lipinski definition) is 3. The summed E-state index contributed by atoms with van der Waals surface area (Å²) in [5.74, 6) is 0. The molecule has 90 valence electrons. The molecule has 1 fully saturated rings. The normalized spacial score (nSPS) is 22.1. The van der Waals surface area contributed by atoms with Crippen LogP contribution < -0.4 is 5.73 Å². The summed E-state index contributed by atoms with van der Waals surface area (Å²) >= 11 is 0. The topological polar surface area (TPSA) is 47.1 Å². The van der Waals surface area contributed by atoms with Crippen molar-refractivity contribution in [2.24, 2.45) is 0 Å². The van der Waals surface area contributed by atoms with Gasteiger partial charge in [-0.15, -0.1) is 0 Å². The summed E-state index contributed by atoms with van der Waals surface area (Å²) in [6, 6.07) is 0.177. The van der Waals surface area contributed by atoms with Crippen LogP contribution in [0.5, 0.6) is 0 Å². The highest BCUT2D eigenvalue weighted by Gasteiger charge is 2.27. The maximum atomic E-state index is 12.2. The maximum absolute atomic E-state index is 12.2. The zero-order chi connectivity index (χ0) is 11.7. The molecule has 16 heavy (non-hydrogen) atoms. The molecule has 0 aliphatic carbocycles. The molecule has 2 N–H and O–H groups in total. The number of rotatable bonds is 3. The molecule has 1 atom stereocenters. The zero-order valence-corrected chi connectivity index (χ0v) is 9.24. The Morgan fingerprint density at radius 2 is 2.38 bits per heavy atom. The number of aromatic nitrogens is 2. The first kappa shape index (κ1) is 11.3. The molecule has 0 amide bonds. The van der Waals surface area contributed by atoms with E-state index in [0.29, 0.717) is 18.8 Å². The molecule has 6 heteroatoms. The number of nitrogens with two attached hydrogens (primary N) is 1. The third kappa shape index (κ3) is 2.16. The standard InChI is InChI=1S/C10H16F2N4/c1-7-9(13)4-14-16(7)8-2-3-15(5-8)6-10(11)12/h4,8,10H,2-3,5-6,13H2,1H3/t8-/m1/s1. The van der Waals surface area contributed by atoms with Crippen LogP contribution >= 0.6 is 0 Å². The monoisotopic (exact) mass is 230 g/mol. The van der Waals surface area contributed by atoms with Gasteiger partial charge in [0.2, 0.25) is 0 Å². The van der Waals surface area contributed by atoms with E-state index in [-0.39, 0.29) is 12.6 Å². The lowest BCUT2D eigenvalue weighted by atomic mass is 10.2. The Kier molecular flexibility index (Phi) is 3.09. The van der Waals surface area contributed by atoms with Crippen LogP contribution in [0.3, 0.4) is 0 Å². The van der Waals surface area contributed by atoms with Crippen LogP contribution in [-0.2, 0) is 0 Å². The van der Waals surface area contributed by atoms with Crippen molar-refractivity contribution in [3.05, 3.63) is 11.9 Å². The Bertz CT molecular complexity index is 364. The van der Waals surface area contributed by atoms with Gasteiger partial charge in [0.05, 0.1) is 30.2 Å². The van der Waals surface area contributed by atoms with Gasteiger partial charge >= 0.3 is 0 Å². The van der Waals surface area contributed by atoms with Crippen LogP contribution in [0.15, 0.2) is 6.20 Å². The summed E-state index contributed by atoms with van der Waals surface area (Å²) in [4.78, 5) is 1.77. The van der Waals surface area contributed by atoms with Gasteiger partial charge in [-0.3, -0.25) is 9.58 Å². The van der Waals surface area contributed by atoms with Crippen LogP contribution in [0, 0.1) is 6.92 Å². The molecule has 1 aromatic rings. The average molecular weight is 230 g/mol. The first-order chi connectivity index (χ1) is 7.58. The van der Waals surface area contributed by atoms with Gasteiger partial charge in [-0.25, -0.2) is 8.78 Å². The SMILES string of the molecule is Cc1c(N)cnn1[C@@H]1CCN(CC(F)F)C1. The minimum Gasteiger partial charge on any atom is -0.396 e. The van der Waals surface area contributed by atoms with Gasteiger partial charge in [0.1, 0.15) is 0 Å². The summed E-state index contributed by atoms with van der Waals surface area (Å²) in [6.45, 7) is 3.09. The summed E-state index contributed by atoms with van der Waals surface area (Å²) in [7, 11) is 0. The van der Waals surface area contributed by atoms with Gasteiger partial charge < -0.3 is 5.73 Å². The lowest BCUT2D eigenvalue weighted by Crippen LogP contribution is -2.27. The zero-order valence-electron chi connectivity index (χ0n) is 9.24. The van der Waals surface area contributed by atoms with Gasteiger partial charge in [-0.1, -0.05) is 0 Å². The minimum atomic E-state index is -2.26. The molecule has 0 unspecified atom stereocenters. The number of nitrogens with zero attached hydrogens (tertiary/aromatic N) is 3. The van der Waals surface area contributed by atoms with Crippen molar-refractivity contribution >= 4 is 5.69 Å². The molecule has 1 aromatic heterocycles. The second kappa shape index (κ2) is 4.37. The number of nitrogen functional groups attached to an aromatic ring is 1. The number of anilines is 1. The Morgan fingerprint density at radius 1 is 1.62 bits per heavy atom. The van der Waals surface area contributed by atoms with E-state index in [1.54, 1.807) is 11.1 Å². The number of halogens is 2. The molecule has 0 bridgehead atoms. The van der Waals surface area contributed by atoms with Gasteiger partial charge in [-0.05, 0) is 13.3 Å². The average Bonchev–Trinajstić information content (AvgIpc) is 2.75. The smallest absolute Gasteiger partial charge is 0.251 e. The molecular weight excluding hydrogens is 214 g/mol. The molecule has 0 radical (unpaired) electrons. The predicted molar refractivity (Wildman–Crippen MR) is 57.5 cm³/mol. The predicted octanol–water partition coefficient (Wildman–Crippen LogP) is 1.29. The van der Waals surface area contributed by atoms with Gasteiger partial charge in [-0.2, -0.15) is 5.10 Å². The molecule has 0 saturated carbocycles. The molecule has 0 spiro atoms. The van der Waals surface area contributed by atoms with Crippen molar-refractivity contribution in [1.29, 1.82) is 0 Å². The van der Waals surface area contributed by atoms with E-state index >= 15 is 0 Å². The number of hydrogen-bond donors (Lipinski definition) is 1. The molecular formula is C10H16F2N4. The highest BCUT2D eigenvalue weighted by Crippen LogP contribution is 2.24.